The highest BCUT2D eigenvalue weighted by Gasteiger charge is 2.29. The van der Waals surface area contributed by atoms with E-state index in [9.17, 15) is 14.8 Å². The van der Waals surface area contributed by atoms with Crippen LogP contribution in [0.1, 0.15) is 81.1 Å². The van der Waals surface area contributed by atoms with Crippen LogP contribution in [0, 0.1) is 17.1 Å². The summed E-state index contributed by atoms with van der Waals surface area (Å²) in [5.74, 6) is -0.546. The van der Waals surface area contributed by atoms with Gasteiger partial charge in [-0.3, -0.25) is 9.88 Å². The van der Waals surface area contributed by atoms with Crippen molar-refractivity contribution in [2.24, 2.45) is 0 Å². The summed E-state index contributed by atoms with van der Waals surface area (Å²) in [4.78, 5) is 6.96. The zero-order chi connectivity index (χ0) is 34.2. The van der Waals surface area contributed by atoms with E-state index in [4.69, 9.17) is 23.2 Å². The van der Waals surface area contributed by atoms with Gasteiger partial charge in [-0.1, -0.05) is 52.7 Å². The highest BCUT2D eigenvalue weighted by atomic mass is 35.5. The second-order valence-electron chi connectivity index (χ2n) is 13.2. The Hall–Kier alpha value is -4.27. The van der Waals surface area contributed by atoms with E-state index >= 15 is 0 Å². The summed E-state index contributed by atoms with van der Waals surface area (Å²) in [6.07, 6.45) is 4.73. The SMILES string of the molecule is CC(O)c1cccc(C(Nc2cc(Cl)c3ncc(C#N)c(Nc4ccc(F)c(Cl)c4)c3c2)c2cn(C3CCN(C(C)(C)C)CC3)nn2)c1. The molecule has 0 saturated carbocycles. The first-order chi connectivity index (χ1) is 22.9. The van der Waals surface area contributed by atoms with Gasteiger partial charge in [-0.05, 0) is 82.0 Å². The third kappa shape index (κ3) is 7.10. The maximum atomic E-state index is 13.9. The Morgan fingerprint density at radius 2 is 1.75 bits per heavy atom. The van der Waals surface area contributed by atoms with E-state index in [1.54, 1.807) is 19.1 Å². The average Bonchev–Trinajstić information content (AvgIpc) is 3.55. The monoisotopic (exact) mass is 686 g/mol. The highest BCUT2D eigenvalue weighted by molar-refractivity contribution is 6.36. The number of aromatic nitrogens is 4. The Kier molecular flexibility index (Phi) is 9.59. The normalized spacial score (nSPS) is 15.6. The molecule has 248 valence electrons. The van der Waals surface area contributed by atoms with Crippen molar-refractivity contribution in [1.82, 2.24) is 24.9 Å². The van der Waals surface area contributed by atoms with E-state index in [1.165, 1.54) is 18.3 Å². The summed E-state index contributed by atoms with van der Waals surface area (Å²) in [5, 5.41) is 37.3. The minimum absolute atomic E-state index is 0.0488. The Labute approximate surface area is 289 Å². The third-order valence-corrected chi connectivity index (χ3v) is 9.46. The summed E-state index contributed by atoms with van der Waals surface area (Å²) < 4.78 is 15.9. The number of nitrogens with zero attached hydrogens (tertiary/aromatic N) is 6. The molecule has 1 saturated heterocycles. The number of pyridine rings is 1. The number of likely N-dealkylation sites (tertiary alicyclic amines) is 1. The van der Waals surface area contributed by atoms with E-state index in [0.29, 0.717) is 38.7 Å². The Morgan fingerprint density at radius 1 is 1.02 bits per heavy atom. The first kappa shape index (κ1) is 33.6. The van der Waals surface area contributed by atoms with Gasteiger partial charge < -0.3 is 15.7 Å². The minimum Gasteiger partial charge on any atom is -0.389 e. The molecule has 2 atom stereocenters. The van der Waals surface area contributed by atoms with E-state index in [0.717, 1.165) is 37.1 Å². The summed E-state index contributed by atoms with van der Waals surface area (Å²) in [6.45, 7) is 10.4. The summed E-state index contributed by atoms with van der Waals surface area (Å²) >= 11 is 12.9. The molecule has 3 aromatic carbocycles. The number of hydrogen-bond acceptors (Lipinski definition) is 8. The number of rotatable bonds is 8. The predicted octanol–water partition coefficient (Wildman–Crippen LogP) is 8.58. The van der Waals surface area contributed by atoms with Crippen LogP contribution in [0.3, 0.4) is 0 Å². The summed E-state index contributed by atoms with van der Waals surface area (Å²) in [7, 11) is 0. The Balaban J connectivity index is 1.39. The van der Waals surface area contributed by atoms with Gasteiger partial charge in [-0.2, -0.15) is 5.26 Å². The molecule has 2 aromatic heterocycles. The molecular weight excluding hydrogens is 650 g/mol. The minimum atomic E-state index is -0.659. The van der Waals surface area contributed by atoms with Gasteiger partial charge in [-0.15, -0.1) is 5.10 Å². The van der Waals surface area contributed by atoms with E-state index in [-0.39, 0.29) is 22.2 Å². The first-order valence-electron chi connectivity index (χ1n) is 15.9. The lowest BCUT2D eigenvalue weighted by Gasteiger charge is -2.40. The number of hydrogen-bond donors (Lipinski definition) is 3. The largest absolute Gasteiger partial charge is 0.389 e. The van der Waals surface area contributed by atoms with Gasteiger partial charge in [0.25, 0.3) is 0 Å². The van der Waals surface area contributed by atoms with Crippen molar-refractivity contribution in [2.45, 2.75) is 64.3 Å². The smallest absolute Gasteiger partial charge is 0.141 e. The van der Waals surface area contributed by atoms with Gasteiger partial charge in [0, 0.05) is 41.6 Å². The first-order valence-corrected chi connectivity index (χ1v) is 16.6. The second kappa shape index (κ2) is 13.7. The van der Waals surface area contributed by atoms with Gasteiger partial charge in [0.05, 0.1) is 51.2 Å². The fourth-order valence-electron chi connectivity index (χ4n) is 6.18. The van der Waals surface area contributed by atoms with Crippen LogP contribution in [0.2, 0.25) is 10.0 Å². The van der Waals surface area contributed by atoms with Crippen LogP contribution in [0.5, 0.6) is 0 Å². The number of halogens is 3. The zero-order valence-electron chi connectivity index (χ0n) is 27.2. The lowest BCUT2D eigenvalue weighted by molar-refractivity contribution is 0.0866. The Morgan fingerprint density at radius 3 is 2.44 bits per heavy atom. The molecule has 3 heterocycles. The number of fused-ring (bicyclic) bond motifs is 1. The van der Waals surface area contributed by atoms with Crippen molar-refractivity contribution in [3.8, 4) is 6.07 Å². The molecule has 1 aliphatic rings. The van der Waals surface area contributed by atoms with Crippen molar-refractivity contribution in [1.29, 1.82) is 5.26 Å². The van der Waals surface area contributed by atoms with Gasteiger partial charge in [-0.25, -0.2) is 9.07 Å². The molecule has 5 aromatic rings. The molecule has 0 amide bonds. The molecule has 0 radical (unpaired) electrons. The molecule has 0 spiro atoms. The standard InChI is InChI=1S/C36H37Cl2FN8O/c1-21(48)22-6-5-7-23(14-22)34(32-20-47(45-44-32)27-10-12-46(13-11-27)36(2,3)4)43-26-15-28-33(42-25-8-9-31(39)29(37)16-25)24(18-40)19-41-35(28)30(38)17-26/h5-9,14-17,19-21,27,34,43,48H,10-13H2,1-4H3,(H,41,42). The number of anilines is 3. The number of nitrogens with one attached hydrogen (secondary N) is 2. The number of benzene rings is 3. The molecular formula is C36H37Cl2FN8O. The molecule has 6 rings (SSSR count). The molecule has 48 heavy (non-hydrogen) atoms. The van der Waals surface area contributed by atoms with Crippen LogP contribution < -0.4 is 10.6 Å². The highest BCUT2D eigenvalue weighted by Crippen LogP contribution is 2.38. The fourth-order valence-corrected chi connectivity index (χ4v) is 6.62. The Bertz CT molecular complexity index is 1990. The van der Waals surface area contributed by atoms with Crippen molar-refractivity contribution < 1.29 is 9.50 Å². The maximum absolute atomic E-state index is 13.9. The molecule has 2 unspecified atom stereocenters. The topological polar surface area (TPSA) is 115 Å². The van der Waals surface area contributed by atoms with Crippen LogP contribution in [0.15, 0.2) is 67.0 Å². The van der Waals surface area contributed by atoms with Crippen LogP contribution >= 0.6 is 23.2 Å². The molecule has 1 aliphatic heterocycles. The van der Waals surface area contributed by atoms with Crippen LogP contribution in [0.4, 0.5) is 21.5 Å². The van der Waals surface area contributed by atoms with Crippen molar-refractivity contribution in [2.75, 3.05) is 23.7 Å². The van der Waals surface area contributed by atoms with E-state index in [2.05, 4.69) is 57.7 Å². The third-order valence-electron chi connectivity index (χ3n) is 8.88. The molecule has 0 bridgehead atoms. The van der Waals surface area contributed by atoms with Crippen molar-refractivity contribution >= 4 is 51.2 Å². The average molecular weight is 688 g/mol. The molecule has 1 fully saturated rings. The summed E-state index contributed by atoms with van der Waals surface area (Å²) in [6, 6.07) is 17.6. The van der Waals surface area contributed by atoms with Crippen LogP contribution in [-0.2, 0) is 0 Å². The number of aliphatic hydroxyl groups excluding tert-OH is 1. The number of piperidine rings is 1. The van der Waals surface area contributed by atoms with Crippen LogP contribution in [-0.4, -0.2) is 48.6 Å². The number of nitriles is 1. The maximum Gasteiger partial charge on any atom is 0.141 e. The lowest BCUT2D eigenvalue weighted by atomic mass is 9.97. The van der Waals surface area contributed by atoms with Gasteiger partial charge in [0.2, 0.25) is 0 Å². The molecule has 12 heteroatoms. The lowest BCUT2D eigenvalue weighted by Crippen LogP contribution is -2.46. The van der Waals surface area contributed by atoms with Gasteiger partial charge in [0.1, 0.15) is 17.6 Å². The van der Waals surface area contributed by atoms with Crippen LogP contribution in [0.25, 0.3) is 10.9 Å². The fraction of sp³-hybridized carbons (Fsp3) is 0.333. The van der Waals surface area contributed by atoms with E-state index < -0.39 is 18.0 Å². The van der Waals surface area contributed by atoms with Crippen molar-refractivity contribution in [3.05, 3.63) is 105 Å². The predicted molar refractivity (Wildman–Crippen MR) is 188 cm³/mol. The number of aliphatic hydroxyl groups is 1. The molecule has 9 nitrogen and oxygen atoms in total. The summed E-state index contributed by atoms with van der Waals surface area (Å²) in [5.41, 5.74) is 4.82. The zero-order valence-corrected chi connectivity index (χ0v) is 28.7. The molecule has 3 N–H and O–H groups in total. The quantitative estimate of drug-likeness (QED) is 0.149. The van der Waals surface area contributed by atoms with Gasteiger partial charge >= 0.3 is 0 Å². The van der Waals surface area contributed by atoms with Gasteiger partial charge in [0.15, 0.2) is 0 Å². The molecule has 0 aliphatic carbocycles. The second-order valence-corrected chi connectivity index (χ2v) is 14.0. The van der Waals surface area contributed by atoms with E-state index in [1.807, 2.05) is 41.2 Å². The van der Waals surface area contributed by atoms with Crippen molar-refractivity contribution in [3.63, 3.8) is 0 Å².